The van der Waals surface area contributed by atoms with Gasteiger partial charge in [-0.3, -0.25) is 4.79 Å². The summed E-state index contributed by atoms with van der Waals surface area (Å²) >= 11 is 0. The molecule has 1 fully saturated rings. The number of carbonyl (C=O) groups excluding carboxylic acids is 1. The third-order valence-electron chi connectivity index (χ3n) is 3.61. The van der Waals surface area contributed by atoms with Crippen LogP contribution in [0.3, 0.4) is 0 Å². The molecular weight excluding hydrogens is 242 g/mol. The van der Waals surface area contributed by atoms with E-state index in [2.05, 4.69) is 5.16 Å². The molecule has 0 unspecified atom stereocenters. The standard InChI is InChI=1S/C14H19N3O2/c1-10-4-3-5-11(8-10)9-17(2)13(18)14(6-7-14)12(15)16-19/h3-5,8,19H,6-7,9H2,1-2H3,(H2,15,16). The van der Waals surface area contributed by atoms with Crippen molar-refractivity contribution < 1.29 is 10.0 Å². The average Bonchev–Trinajstić information content (AvgIpc) is 3.18. The smallest absolute Gasteiger partial charge is 0.236 e. The van der Waals surface area contributed by atoms with Gasteiger partial charge in [-0.2, -0.15) is 0 Å². The number of rotatable bonds is 4. The fourth-order valence-electron chi connectivity index (χ4n) is 2.32. The van der Waals surface area contributed by atoms with Crippen LogP contribution < -0.4 is 5.73 Å². The second-order valence-corrected chi connectivity index (χ2v) is 5.22. The molecule has 3 N–H and O–H groups in total. The van der Waals surface area contributed by atoms with Crippen LogP contribution in [0.15, 0.2) is 29.4 Å². The molecule has 19 heavy (non-hydrogen) atoms. The van der Waals surface area contributed by atoms with Crippen LogP contribution in [0.25, 0.3) is 0 Å². The van der Waals surface area contributed by atoms with E-state index in [4.69, 9.17) is 10.9 Å². The van der Waals surface area contributed by atoms with Gasteiger partial charge in [0.15, 0.2) is 5.84 Å². The van der Waals surface area contributed by atoms with Crippen molar-refractivity contribution in [2.75, 3.05) is 7.05 Å². The molecule has 0 radical (unpaired) electrons. The number of hydrogen-bond acceptors (Lipinski definition) is 3. The van der Waals surface area contributed by atoms with Gasteiger partial charge in [0.2, 0.25) is 5.91 Å². The summed E-state index contributed by atoms with van der Waals surface area (Å²) in [6.07, 6.45) is 1.31. The summed E-state index contributed by atoms with van der Waals surface area (Å²) in [5.74, 6) is -0.0575. The van der Waals surface area contributed by atoms with E-state index < -0.39 is 5.41 Å². The van der Waals surface area contributed by atoms with Crippen molar-refractivity contribution in [1.29, 1.82) is 0 Å². The maximum atomic E-state index is 12.4. The van der Waals surface area contributed by atoms with Crippen molar-refractivity contribution in [2.45, 2.75) is 26.3 Å². The fraction of sp³-hybridized carbons (Fsp3) is 0.429. The van der Waals surface area contributed by atoms with Crippen LogP contribution >= 0.6 is 0 Å². The van der Waals surface area contributed by atoms with Gasteiger partial charge >= 0.3 is 0 Å². The minimum Gasteiger partial charge on any atom is -0.409 e. The number of amidine groups is 1. The lowest BCUT2D eigenvalue weighted by molar-refractivity contribution is -0.133. The maximum Gasteiger partial charge on any atom is 0.236 e. The number of amides is 1. The molecule has 1 saturated carbocycles. The first-order valence-electron chi connectivity index (χ1n) is 6.29. The van der Waals surface area contributed by atoms with E-state index in [0.717, 1.165) is 11.1 Å². The Kier molecular flexibility index (Phi) is 3.46. The molecule has 0 aliphatic heterocycles. The molecule has 102 valence electrons. The molecule has 5 nitrogen and oxygen atoms in total. The number of benzene rings is 1. The van der Waals surface area contributed by atoms with Crippen molar-refractivity contribution >= 4 is 11.7 Å². The fourth-order valence-corrected chi connectivity index (χ4v) is 2.32. The SMILES string of the molecule is Cc1cccc(CN(C)C(=O)C2(/C(N)=N/O)CC2)c1. The van der Waals surface area contributed by atoms with Gasteiger partial charge in [-0.1, -0.05) is 35.0 Å². The van der Waals surface area contributed by atoms with E-state index in [1.807, 2.05) is 31.2 Å². The molecule has 2 rings (SSSR count). The lowest BCUT2D eigenvalue weighted by Gasteiger charge is -2.22. The Labute approximate surface area is 112 Å². The predicted molar refractivity (Wildman–Crippen MR) is 72.7 cm³/mol. The molecule has 0 heterocycles. The summed E-state index contributed by atoms with van der Waals surface area (Å²) in [5.41, 5.74) is 7.09. The molecule has 1 amide bonds. The van der Waals surface area contributed by atoms with E-state index in [1.165, 1.54) is 0 Å². The van der Waals surface area contributed by atoms with Crippen LogP contribution in [0.4, 0.5) is 0 Å². The summed E-state index contributed by atoms with van der Waals surface area (Å²) in [7, 11) is 1.75. The van der Waals surface area contributed by atoms with E-state index >= 15 is 0 Å². The maximum absolute atomic E-state index is 12.4. The molecule has 1 aromatic rings. The zero-order chi connectivity index (χ0) is 14.0. The molecule has 5 heteroatoms. The normalized spacial score (nSPS) is 17.1. The first-order valence-corrected chi connectivity index (χ1v) is 6.29. The Morgan fingerprint density at radius 3 is 2.74 bits per heavy atom. The quantitative estimate of drug-likeness (QED) is 0.373. The first-order chi connectivity index (χ1) is 8.99. The van der Waals surface area contributed by atoms with Gasteiger partial charge in [-0.05, 0) is 25.3 Å². The third-order valence-corrected chi connectivity index (χ3v) is 3.61. The highest BCUT2D eigenvalue weighted by molar-refractivity contribution is 6.09. The Hall–Kier alpha value is -2.04. The minimum atomic E-state index is -0.771. The number of oxime groups is 1. The van der Waals surface area contributed by atoms with Gasteiger partial charge in [-0.15, -0.1) is 0 Å². The monoisotopic (exact) mass is 261 g/mol. The molecule has 0 spiro atoms. The number of aryl methyl sites for hydroxylation is 1. The van der Waals surface area contributed by atoms with Crippen molar-refractivity contribution in [3.8, 4) is 0 Å². The Morgan fingerprint density at radius 1 is 1.53 bits per heavy atom. The molecular formula is C14H19N3O2. The summed E-state index contributed by atoms with van der Waals surface area (Å²) in [6, 6.07) is 8.02. The predicted octanol–water partition coefficient (Wildman–Crippen LogP) is 1.48. The summed E-state index contributed by atoms with van der Waals surface area (Å²) in [4.78, 5) is 14.0. The lowest BCUT2D eigenvalue weighted by atomic mass is 10.0. The van der Waals surface area contributed by atoms with Crippen LogP contribution in [-0.2, 0) is 11.3 Å². The number of carbonyl (C=O) groups is 1. The molecule has 0 saturated heterocycles. The first kappa shape index (κ1) is 13.4. The second kappa shape index (κ2) is 4.91. The highest BCUT2D eigenvalue weighted by Crippen LogP contribution is 2.47. The van der Waals surface area contributed by atoms with Gasteiger partial charge in [-0.25, -0.2) is 0 Å². The Morgan fingerprint density at radius 2 is 2.21 bits per heavy atom. The molecule has 1 aromatic carbocycles. The van der Waals surface area contributed by atoms with Crippen LogP contribution in [-0.4, -0.2) is 28.9 Å². The van der Waals surface area contributed by atoms with Crippen LogP contribution in [0, 0.1) is 12.3 Å². The number of nitrogens with two attached hydrogens (primary N) is 1. The topological polar surface area (TPSA) is 78.9 Å². The van der Waals surface area contributed by atoms with Crippen LogP contribution in [0.5, 0.6) is 0 Å². The summed E-state index contributed by atoms with van der Waals surface area (Å²) in [6.45, 7) is 2.55. The zero-order valence-corrected chi connectivity index (χ0v) is 11.3. The molecule has 1 aliphatic carbocycles. The van der Waals surface area contributed by atoms with Gasteiger partial charge in [0, 0.05) is 13.6 Å². The van der Waals surface area contributed by atoms with Crippen LogP contribution in [0.2, 0.25) is 0 Å². The largest absolute Gasteiger partial charge is 0.409 e. The van der Waals surface area contributed by atoms with Gasteiger partial charge in [0.1, 0.15) is 5.41 Å². The third kappa shape index (κ3) is 2.54. The van der Waals surface area contributed by atoms with Crippen molar-refractivity contribution in [2.24, 2.45) is 16.3 Å². The van der Waals surface area contributed by atoms with Gasteiger partial charge < -0.3 is 15.8 Å². The highest BCUT2D eigenvalue weighted by Gasteiger charge is 2.55. The second-order valence-electron chi connectivity index (χ2n) is 5.22. The van der Waals surface area contributed by atoms with E-state index in [9.17, 15) is 4.79 Å². The summed E-state index contributed by atoms with van der Waals surface area (Å²) in [5, 5.41) is 11.8. The molecule has 0 atom stereocenters. The van der Waals surface area contributed by atoms with E-state index in [-0.39, 0.29) is 11.7 Å². The average molecular weight is 261 g/mol. The van der Waals surface area contributed by atoms with Crippen LogP contribution in [0.1, 0.15) is 24.0 Å². The molecule has 1 aliphatic rings. The van der Waals surface area contributed by atoms with Crippen molar-refractivity contribution in [3.05, 3.63) is 35.4 Å². The summed E-state index contributed by atoms with van der Waals surface area (Å²) < 4.78 is 0. The Balaban J connectivity index is 2.09. The molecule has 0 aromatic heterocycles. The number of hydrogen-bond donors (Lipinski definition) is 2. The van der Waals surface area contributed by atoms with Gasteiger partial charge in [0.25, 0.3) is 0 Å². The minimum absolute atomic E-state index is 0.0218. The van der Waals surface area contributed by atoms with Crippen molar-refractivity contribution in [1.82, 2.24) is 4.90 Å². The molecule has 0 bridgehead atoms. The van der Waals surface area contributed by atoms with E-state index in [0.29, 0.717) is 19.4 Å². The highest BCUT2D eigenvalue weighted by atomic mass is 16.4. The lowest BCUT2D eigenvalue weighted by Crippen LogP contribution is -2.41. The zero-order valence-electron chi connectivity index (χ0n) is 11.3. The van der Waals surface area contributed by atoms with Gasteiger partial charge in [0.05, 0.1) is 0 Å². The van der Waals surface area contributed by atoms with Crippen molar-refractivity contribution in [3.63, 3.8) is 0 Å². The van der Waals surface area contributed by atoms with E-state index in [1.54, 1.807) is 11.9 Å². The Bertz CT molecular complexity index is 521. The number of nitrogens with zero attached hydrogens (tertiary/aromatic N) is 2.